The van der Waals surface area contributed by atoms with Gasteiger partial charge < -0.3 is 0 Å². The summed E-state index contributed by atoms with van der Waals surface area (Å²) in [6.07, 6.45) is 6.17. The smallest absolute Gasteiger partial charge is 0.0183 e. The number of allylic oxidation sites excluding steroid dienone is 2. The second-order valence-electron chi connectivity index (χ2n) is 2.21. The number of rotatable bonds is 4. The first-order valence-electron chi connectivity index (χ1n) is 3.28. The fourth-order valence-electron chi connectivity index (χ4n) is 0.665. The van der Waals surface area contributed by atoms with Gasteiger partial charge >= 0.3 is 0 Å². The van der Waals surface area contributed by atoms with Crippen LogP contribution < -0.4 is 0 Å². The van der Waals surface area contributed by atoms with Gasteiger partial charge in [0.05, 0.1) is 0 Å². The monoisotopic (exact) mass is 122 g/mol. The van der Waals surface area contributed by atoms with Crippen molar-refractivity contribution in [2.75, 3.05) is 0 Å². The molecule has 0 spiro atoms. The Hall–Kier alpha value is -0.740. The maximum Gasteiger partial charge on any atom is -0.0183 e. The fourth-order valence-corrected chi connectivity index (χ4v) is 0.665. The molecular weight excluding hydrogens is 108 g/mol. The second kappa shape index (κ2) is 5.40. The molecule has 0 aromatic rings. The Morgan fingerprint density at radius 1 is 1.67 bits per heavy atom. The molecule has 9 heavy (non-hydrogen) atoms. The van der Waals surface area contributed by atoms with Crippen LogP contribution in [0.3, 0.4) is 0 Å². The van der Waals surface area contributed by atoms with Crippen LogP contribution in [0.15, 0.2) is 31.0 Å². The van der Waals surface area contributed by atoms with Gasteiger partial charge in [0.1, 0.15) is 0 Å². The van der Waals surface area contributed by atoms with Gasteiger partial charge in [-0.2, -0.15) is 0 Å². The van der Waals surface area contributed by atoms with Gasteiger partial charge in [-0.15, -0.1) is 12.3 Å². The predicted molar refractivity (Wildman–Crippen MR) is 42.3 cm³/mol. The highest BCUT2D eigenvalue weighted by atomic mass is 14.0. The summed E-state index contributed by atoms with van der Waals surface area (Å²) < 4.78 is 0. The first-order chi connectivity index (χ1) is 4.31. The third kappa shape index (κ3) is 5.13. The molecule has 0 saturated heterocycles. The Morgan fingerprint density at radius 3 is 2.78 bits per heavy atom. The summed E-state index contributed by atoms with van der Waals surface area (Å²) in [6.45, 7) is 9.30. The van der Waals surface area contributed by atoms with Crippen LogP contribution in [0.4, 0.5) is 0 Å². The Balaban J connectivity index is 3.37. The van der Waals surface area contributed by atoms with E-state index in [0.717, 1.165) is 12.8 Å². The first kappa shape index (κ1) is 8.26. The molecule has 0 aromatic carbocycles. The fraction of sp³-hybridized carbons (Fsp3) is 0.444. The molecule has 0 fully saturated rings. The molecule has 0 aliphatic carbocycles. The van der Waals surface area contributed by atoms with E-state index in [1.54, 1.807) is 0 Å². The second-order valence-corrected chi connectivity index (χ2v) is 2.21. The summed E-state index contributed by atoms with van der Waals surface area (Å²) in [4.78, 5) is 0. The van der Waals surface area contributed by atoms with Crippen LogP contribution in [-0.2, 0) is 0 Å². The van der Waals surface area contributed by atoms with Crippen LogP contribution in [0.5, 0.6) is 0 Å². The van der Waals surface area contributed by atoms with Crippen molar-refractivity contribution in [1.82, 2.24) is 0 Å². The first-order valence-corrected chi connectivity index (χ1v) is 3.28. The average Bonchev–Trinajstić information content (AvgIpc) is 1.85. The normalized spacial score (nSPS) is 11.7. The van der Waals surface area contributed by atoms with E-state index in [1.165, 1.54) is 0 Å². The molecule has 50 valence electrons. The van der Waals surface area contributed by atoms with E-state index in [4.69, 9.17) is 0 Å². The highest BCUT2D eigenvalue weighted by Crippen LogP contribution is 2.05. The summed E-state index contributed by atoms with van der Waals surface area (Å²) in [7, 11) is 0. The Labute approximate surface area is 57.6 Å². The molecule has 0 aromatic heterocycles. The van der Waals surface area contributed by atoms with Gasteiger partial charge in [-0.25, -0.2) is 0 Å². The molecular formula is C9H14. The standard InChI is InChI=1S/C9H14/c1-4-6-8-9(3)7-5-2/h4,7,9H,1-2,6,8H2,3H3. The van der Waals surface area contributed by atoms with Crippen molar-refractivity contribution in [2.24, 2.45) is 5.92 Å². The van der Waals surface area contributed by atoms with Crippen molar-refractivity contribution in [3.63, 3.8) is 0 Å². The molecule has 0 rings (SSSR count). The van der Waals surface area contributed by atoms with Crippen LogP contribution in [0.2, 0.25) is 0 Å². The minimum atomic E-state index is 0.598. The molecule has 0 N–H and O–H groups in total. The molecule has 0 saturated carbocycles. The number of hydrogen-bond acceptors (Lipinski definition) is 0. The van der Waals surface area contributed by atoms with Crippen LogP contribution in [-0.4, -0.2) is 0 Å². The molecule has 0 heteroatoms. The number of hydrogen-bond donors (Lipinski definition) is 0. The van der Waals surface area contributed by atoms with Gasteiger partial charge in [0.2, 0.25) is 0 Å². The van der Waals surface area contributed by atoms with Crippen molar-refractivity contribution in [1.29, 1.82) is 0 Å². The highest BCUT2D eigenvalue weighted by Gasteiger charge is 1.91. The Bertz CT molecular complexity index is 116. The Morgan fingerprint density at radius 2 is 2.33 bits per heavy atom. The zero-order valence-electron chi connectivity index (χ0n) is 6.06. The molecule has 0 amide bonds. The van der Waals surface area contributed by atoms with Crippen LogP contribution >= 0.6 is 0 Å². The zero-order chi connectivity index (χ0) is 7.11. The van der Waals surface area contributed by atoms with Crippen LogP contribution in [0, 0.1) is 5.92 Å². The van der Waals surface area contributed by atoms with Gasteiger partial charge in [0, 0.05) is 0 Å². The molecule has 1 unspecified atom stereocenters. The SMILES string of the molecule is C=C=CC(C)CCC=C. The van der Waals surface area contributed by atoms with Crippen LogP contribution in [0.25, 0.3) is 0 Å². The van der Waals surface area contributed by atoms with E-state index < -0.39 is 0 Å². The lowest BCUT2D eigenvalue weighted by Gasteiger charge is -1.99. The van der Waals surface area contributed by atoms with E-state index in [2.05, 4.69) is 25.8 Å². The molecule has 0 bridgehead atoms. The molecule has 0 aliphatic rings. The maximum atomic E-state index is 3.64. The van der Waals surface area contributed by atoms with E-state index in [0.29, 0.717) is 5.92 Å². The third-order valence-electron chi connectivity index (χ3n) is 1.23. The van der Waals surface area contributed by atoms with Crippen molar-refractivity contribution < 1.29 is 0 Å². The zero-order valence-corrected chi connectivity index (χ0v) is 6.06. The largest absolute Gasteiger partial charge is 0.133 e. The van der Waals surface area contributed by atoms with Crippen molar-refractivity contribution >= 4 is 0 Å². The van der Waals surface area contributed by atoms with E-state index in [1.807, 2.05) is 12.2 Å². The van der Waals surface area contributed by atoms with Gasteiger partial charge in [-0.05, 0) is 24.8 Å². The van der Waals surface area contributed by atoms with Gasteiger partial charge in [0.15, 0.2) is 0 Å². The molecule has 0 heterocycles. The summed E-state index contributed by atoms with van der Waals surface area (Å²) in [5.74, 6) is 0.598. The Kier molecular flexibility index (Phi) is 4.95. The lowest BCUT2D eigenvalue weighted by atomic mass is 10.1. The molecule has 0 nitrogen and oxygen atoms in total. The third-order valence-corrected chi connectivity index (χ3v) is 1.23. The summed E-state index contributed by atoms with van der Waals surface area (Å²) >= 11 is 0. The van der Waals surface area contributed by atoms with Gasteiger partial charge in [0.25, 0.3) is 0 Å². The van der Waals surface area contributed by atoms with E-state index >= 15 is 0 Å². The minimum Gasteiger partial charge on any atom is -0.133 e. The predicted octanol–water partition coefficient (Wildman–Crippen LogP) is 2.93. The molecule has 0 aliphatic heterocycles. The van der Waals surface area contributed by atoms with Crippen LogP contribution in [0.1, 0.15) is 19.8 Å². The van der Waals surface area contributed by atoms with Crippen molar-refractivity contribution in [2.45, 2.75) is 19.8 Å². The highest BCUT2D eigenvalue weighted by molar-refractivity contribution is 4.83. The van der Waals surface area contributed by atoms with Gasteiger partial charge in [-0.1, -0.05) is 19.6 Å². The summed E-state index contributed by atoms with van der Waals surface area (Å²) in [6, 6.07) is 0. The van der Waals surface area contributed by atoms with E-state index in [-0.39, 0.29) is 0 Å². The van der Waals surface area contributed by atoms with Crippen molar-refractivity contribution in [3.05, 3.63) is 31.0 Å². The lowest BCUT2D eigenvalue weighted by Crippen LogP contribution is -1.85. The summed E-state index contributed by atoms with van der Waals surface area (Å²) in [5, 5.41) is 0. The lowest BCUT2D eigenvalue weighted by molar-refractivity contribution is 0.659. The topological polar surface area (TPSA) is 0 Å². The van der Waals surface area contributed by atoms with E-state index in [9.17, 15) is 0 Å². The minimum absolute atomic E-state index is 0.598. The molecule has 1 atom stereocenters. The molecule has 0 radical (unpaired) electrons. The van der Waals surface area contributed by atoms with Crippen molar-refractivity contribution in [3.8, 4) is 0 Å². The quantitative estimate of drug-likeness (QED) is 0.397. The maximum absolute atomic E-state index is 3.64. The van der Waals surface area contributed by atoms with Gasteiger partial charge in [-0.3, -0.25) is 0 Å². The average molecular weight is 122 g/mol. The summed E-state index contributed by atoms with van der Waals surface area (Å²) in [5.41, 5.74) is 2.77.